The molecule has 2 aliphatic rings. The number of ketones is 1. The van der Waals surface area contributed by atoms with Crippen molar-refractivity contribution >= 4 is 5.78 Å². The van der Waals surface area contributed by atoms with Crippen LogP contribution in [0.2, 0.25) is 0 Å². The van der Waals surface area contributed by atoms with Gasteiger partial charge in [0.25, 0.3) is 0 Å². The smallest absolute Gasteiger partial charge is 0.195 e. The number of Topliss-reactive ketones (excluding diaryl/α,β-unsaturated/α-hetero) is 1. The molecular weight excluding hydrogens is 247 g/mol. The molecule has 1 fully saturated rings. The fraction of sp³-hybridized carbons (Fsp3) is 0.533. The molecule has 4 heteroatoms. The van der Waals surface area contributed by atoms with Crippen LogP contribution in [0.15, 0.2) is 12.1 Å². The summed E-state index contributed by atoms with van der Waals surface area (Å²) in [7, 11) is 0. The number of halogens is 1. The fourth-order valence-electron chi connectivity index (χ4n) is 2.74. The zero-order chi connectivity index (χ0) is 13.2. The summed E-state index contributed by atoms with van der Waals surface area (Å²) in [6.07, 6.45) is 3.82. The number of rotatable bonds is 2. The third kappa shape index (κ3) is 2.50. The highest BCUT2D eigenvalue weighted by atomic mass is 19.1. The number of aryl methyl sites for hydroxylation is 1. The summed E-state index contributed by atoms with van der Waals surface area (Å²) in [5.41, 5.74) is 1.16. The maximum atomic E-state index is 13.7. The molecule has 2 heterocycles. The largest absolute Gasteiger partial charge is 0.493 e. The lowest BCUT2D eigenvalue weighted by Crippen LogP contribution is -2.21. The first kappa shape index (κ1) is 12.6. The van der Waals surface area contributed by atoms with Crippen molar-refractivity contribution < 1.29 is 18.7 Å². The Morgan fingerprint density at radius 1 is 1.21 bits per heavy atom. The molecule has 3 nitrogen and oxygen atoms in total. The van der Waals surface area contributed by atoms with Crippen LogP contribution in [0.25, 0.3) is 0 Å². The summed E-state index contributed by atoms with van der Waals surface area (Å²) in [5, 5.41) is 0. The van der Waals surface area contributed by atoms with E-state index >= 15 is 0 Å². The highest BCUT2D eigenvalue weighted by Gasteiger charge is 2.29. The molecule has 1 aromatic carbocycles. The van der Waals surface area contributed by atoms with Crippen molar-refractivity contribution in [2.45, 2.75) is 38.2 Å². The molecule has 3 rings (SSSR count). The Morgan fingerprint density at radius 2 is 2.11 bits per heavy atom. The first-order valence-electron chi connectivity index (χ1n) is 6.87. The second-order valence-corrected chi connectivity index (χ2v) is 5.11. The van der Waals surface area contributed by atoms with Crippen molar-refractivity contribution in [2.75, 3.05) is 13.2 Å². The molecule has 0 aliphatic carbocycles. The van der Waals surface area contributed by atoms with Crippen molar-refractivity contribution in [2.24, 2.45) is 0 Å². The minimum absolute atomic E-state index is 0.143. The Kier molecular flexibility index (Phi) is 3.51. The Hall–Kier alpha value is -1.42. The predicted molar refractivity (Wildman–Crippen MR) is 68.1 cm³/mol. The van der Waals surface area contributed by atoms with E-state index in [1.54, 1.807) is 0 Å². The number of benzene rings is 1. The topological polar surface area (TPSA) is 35.5 Å². The SMILES string of the molecule is O=C(c1cc(F)cc2c1OCCCC2)C1CCCO1. The number of ether oxygens (including phenoxy) is 2. The summed E-state index contributed by atoms with van der Waals surface area (Å²) in [4.78, 5) is 12.4. The van der Waals surface area contributed by atoms with E-state index in [0.29, 0.717) is 30.9 Å². The molecule has 0 radical (unpaired) electrons. The first-order valence-corrected chi connectivity index (χ1v) is 6.87. The Morgan fingerprint density at radius 3 is 2.89 bits per heavy atom. The molecule has 0 bridgehead atoms. The van der Waals surface area contributed by atoms with Crippen LogP contribution in [0.1, 0.15) is 41.6 Å². The first-order chi connectivity index (χ1) is 9.25. The van der Waals surface area contributed by atoms with Gasteiger partial charge in [0, 0.05) is 6.61 Å². The summed E-state index contributed by atoms with van der Waals surface area (Å²) < 4.78 is 24.8. The van der Waals surface area contributed by atoms with Crippen LogP contribution < -0.4 is 4.74 Å². The molecule has 102 valence electrons. The zero-order valence-corrected chi connectivity index (χ0v) is 10.8. The molecule has 0 N–H and O–H groups in total. The number of carbonyl (C=O) groups excluding carboxylic acids is 1. The van der Waals surface area contributed by atoms with Gasteiger partial charge >= 0.3 is 0 Å². The van der Waals surface area contributed by atoms with E-state index in [2.05, 4.69) is 0 Å². The van der Waals surface area contributed by atoms with Crippen LogP contribution in [0.3, 0.4) is 0 Å². The van der Waals surface area contributed by atoms with E-state index in [4.69, 9.17) is 9.47 Å². The molecule has 1 atom stereocenters. The molecule has 1 unspecified atom stereocenters. The molecule has 0 amide bonds. The Bertz CT molecular complexity index is 492. The highest BCUT2D eigenvalue weighted by Crippen LogP contribution is 2.32. The number of carbonyl (C=O) groups is 1. The van der Waals surface area contributed by atoms with E-state index in [1.807, 2.05) is 0 Å². The van der Waals surface area contributed by atoms with E-state index < -0.39 is 6.10 Å². The van der Waals surface area contributed by atoms with Gasteiger partial charge < -0.3 is 9.47 Å². The fourth-order valence-corrected chi connectivity index (χ4v) is 2.74. The molecular formula is C15H17FO3. The van der Waals surface area contributed by atoms with E-state index in [1.165, 1.54) is 12.1 Å². The zero-order valence-electron chi connectivity index (χ0n) is 10.8. The molecule has 0 spiro atoms. The normalized spacial score (nSPS) is 22.5. The lowest BCUT2D eigenvalue weighted by atomic mass is 9.98. The third-order valence-corrected chi connectivity index (χ3v) is 3.71. The summed E-state index contributed by atoms with van der Waals surface area (Å²) in [6, 6.07) is 2.76. The highest BCUT2D eigenvalue weighted by molar-refractivity contribution is 6.02. The van der Waals surface area contributed by atoms with Gasteiger partial charge in [-0.3, -0.25) is 4.79 Å². The van der Waals surface area contributed by atoms with E-state index in [9.17, 15) is 9.18 Å². The van der Waals surface area contributed by atoms with E-state index in [0.717, 1.165) is 31.2 Å². The maximum Gasteiger partial charge on any atom is 0.195 e. The molecule has 1 saturated heterocycles. The van der Waals surface area contributed by atoms with Crippen molar-refractivity contribution in [1.82, 2.24) is 0 Å². The summed E-state index contributed by atoms with van der Waals surface area (Å²) in [5.74, 6) is 0.0557. The predicted octanol–water partition coefficient (Wildman–Crippen LogP) is 2.90. The second kappa shape index (κ2) is 5.29. The lowest BCUT2D eigenvalue weighted by molar-refractivity contribution is 0.0638. The van der Waals surface area contributed by atoms with Crippen molar-refractivity contribution in [3.05, 3.63) is 29.1 Å². The van der Waals surface area contributed by atoms with Gasteiger partial charge in [-0.25, -0.2) is 4.39 Å². The maximum absolute atomic E-state index is 13.7. The standard InChI is InChI=1S/C15H17FO3/c16-11-8-10-4-1-2-6-19-15(10)12(9-11)14(17)13-5-3-7-18-13/h8-9,13H,1-7H2. The quantitative estimate of drug-likeness (QED) is 0.770. The van der Waals surface area contributed by atoms with Gasteiger partial charge in [0.15, 0.2) is 5.78 Å². The molecule has 0 aromatic heterocycles. The second-order valence-electron chi connectivity index (χ2n) is 5.11. The van der Waals surface area contributed by atoms with E-state index in [-0.39, 0.29) is 11.6 Å². The Balaban J connectivity index is 1.99. The minimum Gasteiger partial charge on any atom is -0.493 e. The molecule has 0 saturated carbocycles. The monoisotopic (exact) mass is 264 g/mol. The van der Waals surface area contributed by atoms with Gasteiger partial charge in [0.05, 0.1) is 12.2 Å². The average molecular weight is 264 g/mol. The van der Waals surface area contributed by atoms with Crippen molar-refractivity contribution in [3.8, 4) is 5.75 Å². The van der Waals surface area contributed by atoms with Gasteiger partial charge in [-0.1, -0.05) is 0 Å². The number of fused-ring (bicyclic) bond motifs is 1. The van der Waals surface area contributed by atoms with Gasteiger partial charge in [-0.2, -0.15) is 0 Å². The number of hydrogen-bond acceptors (Lipinski definition) is 3. The van der Waals surface area contributed by atoms with Crippen LogP contribution in [0.5, 0.6) is 5.75 Å². The lowest BCUT2D eigenvalue weighted by Gasteiger charge is -2.15. The molecule has 19 heavy (non-hydrogen) atoms. The Labute approximate surface area is 111 Å². The van der Waals surface area contributed by atoms with Gasteiger partial charge in [0.1, 0.15) is 17.7 Å². The van der Waals surface area contributed by atoms with Crippen LogP contribution in [0.4, 0.5) is 4.39 Å². The molecule has 1 aromatic rings. The van der Waals surface area contributed by atoms with Crippen LogP contribution >= 0.6 is 0 Å². The van der Waals surface area contributed by atoms with Crippen molar-refractivity contribution in [1.29, 1.82) is 0 Å². The number of hydrogen-bond donors (Lipinski definition) is 0. The van der Waals surface area contributed by atoms with Gasteiger partial charge in [0.2, 0.25) is 0 Å². The third-order valence-electron chi connectivity index (χ3n) is 3.71. The summed E-state index contributed by atoms with van der Waals surface area (Å²) in [6.45, 7) is 1.19. The minimum atomic E-state index is -0.433. The van der Waals surface area contributed by atoms with Crippen molar-refractivity contribution in [3.63, 3.8) is 0 Å². The van der Waals surface area contributed by atoms with Gasteiger partial charge in [-0.15, -0.1) is 0 Å². The van der Waals surface area contributed by atoms with Crippen LogP contribution in [-0.4, -0.2) is 25.1 Å². The average Bonchev–Trinajstić information content (AvgIpc) is 2.83. The molecule has 2 aliphatic heterocycles. The van der Waals surface area contributed by atoms with Crippen LogP contribution in [-0.2, 0) is 11.2 Å². The van der Waals surface area contributed by atoms with Gasteiger partial charge in [-0.05, 0) is 49.8 Å². The van der Waals surface area contributed by atoms with Crippen LogP contribution in [0, 0.1) is 5.82 Å². The summed E-state index contributed by atoms with van der Waals surface area (Å²) >= 11 is 0.